The van der Waals surface area contributed by atoms with Gasteiger partial charge in [0.25, 0.3) is 6.17 Å². The van der Waals surface area contributed by atoms with Gasteiger partial charge in [-0.3, -0.25) is 4.79 Å². The molecule has 0 aliphatic rings. The van der Waals surface area contributed by atoms with Crippen LogP contribution in [0.3, 0.4) is 0 Å². The zero-order chi connectivity index (χ0) is 13.8. The summed E-state index contributed by atoms with van der Waals surface area (Å²) in [5, 5.41) is 0. The minimum atomic E-state index is -2.11. The number of ketones is 1. The molecule has 4 heteroatoms. The molecule has 104 valence electrons. The maximum Gasteiger partial charge on any atom is 0.348 e. The highest BCUT2D eigenvalue weighted by atomic mass is 19.1. The largest absolute Gasteiger partial charge is 0.463 e. The molecule has 18 heavy (non-hydrogen) atoms. The fourth-order valence-corrected chi connectivity index (χ4v) is 1.39. The summed E-state index contributed by atoms with van der Waals surface area (Å²) in [6.07, 6.45) is 5.72. The van der Waals surface area contributed by atoms with E-state index in [1.807, 2.05) is 26.0 Å². The van der Waals surface area contributed by atoms with Crippen molar-refractivity contribution in [3.8, 4) is 0 Å². The van der Waals surface area contributed by atoms with E-state index in [1.165, 1.54) is 0 Å². The van der Waals surface area contributed by atoms with Crippen molar-refractivity contribution in [3.63, 3.8) is 0 Å². The predicted molar refractivity (Wildman–Crippen MR) is 69.1 cm³/mol. The third-order valence-corrected chi connectivity index (χ3v) is 2.45. The molecule has 0 saturated carbocycles. The molecule has 0 aromatic carbocycles. The van der Waals surface area contributed by atoms with Gasteiger partial charge in [-0.1, -0.05) is 38.8 Å². The molecule has 3 nitrogen and oxygen atoms in total. The third kappa shape index (κ3) is 7.98. The van der Waals surface area contributed by atoms with Crippen molar-refractivity contribution in [3.05, 3.63) is 12.2 Å². The molecule has 0 aliphatic carbocycles. The molecule has 0 aliphatic heterocycles. The van der Waals surface area contributed by atoms with Crippen molar-refractivity contribution in [2.24, 2.45) is 0 Å². The van der Waals surface area contributed by atoms with Crippen LogP contribution in [0.1, 0.15) is 52.4 Å². The average Bonchev–Trinajstić information content (AvgIpc) is 2.37. The van der Waals surface area contributed by atoms with Gasteiger partial charge in [-0.25, -0.2) is 9.18 Å². The number of carbonyl (C=O) groups is 2. The molecule has 1 unspecified atom stereocenters. The second-order valence-electron chi connectivity index (χ2n) is 4.12. The Kier molecular flexibility index (Phi) is 10.2. The SMILES string of the molecule is CC/C=C/CCOC(=O)C(F)C(=O)CCCCC. The van der Waals surface area contributed by atoms with Gasteiger partial charge < -0.3 is 4.74 Å². The highest BCUT2D eigenvalue weighted by Crippen LogP contribution is 2.06. The Hall–Kier alpha value is -1.19. The van der Waals surface area contributed by atoms with Crippen LogP contribution < -0.4 is 0 Å². The first kappa shape index (κ1) is 16.8. The van der Waals surface area contributed by atoms with E-state index in [-0.39, 0.29) is 13.0 Å². The number of hydrogen-bond acceptors (Lipinski definition) is 3. The monoisotopic (exact) mass is 258 g/mol. The predicted octanol–water partition coefficient (Wildman–Crippen LogP) is 3.37. The van der Waals surface area contributed by atoms with Crippen molar-refractivity contribution < 1.29 is 18.7 Å². The van der Waals surface area contributed by atoms with E-state index >= 15 is 0 Å². The lowest BCUT2D eigenvalue weighted by Crippen LogP contribution is -2.27. The zero-order valence-electron chi connectivity index (χ0n) is 11.3. The zero-order valence-corrected chi connectivity index (χ0v) is 11.3. The van der Waals surface area contributed by atoms with Crippen molar-refractivity contribution >= 4 is 11.8 Å². The molecular weight excluding hydrogens is 235 g/mol. The minimum Gasteiger partial charge on any atom is -0.463 e. The van der Waals surface area contributed by atoms with Crippen LogP contribution in [-0.2, 0) is 14.3 Å². The first-order chi connectivity index (χ1) is 8.63. The summed E-state index contributed by atoms with van der Waals surface area (Å²) in [5.41, 5.74) is 0. The molecular formula is C14H23FO3. The number of allylic oxidation sites excluding steroid dienone is 1. The lowest BCUT2D eigenvalue weighted by atomic mass is 10.1. The van der Waals surface area contributed by atoms with Gasteiger partial charge in [0.1, 0.15) is 0 Å². The van der Waals surface area contributed by atoms with Crippen molar-refractivity contribution in [2.45, 2.75) is 58.5 Å². The Morgan fingerprint density at radius 2 is 1.94 bits per heavy atom. The normalized spacial score (nSPS) is 12.6. The van der Waals surface area contributed by atoms with Gasteiger partial charge in [0.15, 0.2) is 5.78 Å². The Morgan fingerprint density at radius 1 is 1.22 bits per heavy atom. The number of ether oxygens (including phenoxy) is 1. The number of rotatable bonds is 10. The van der Waals surface area contributed by atoms with Crippen LogP contribution in [0.4, 0.5) is 4.39 Å². The van der Waals surface area contributed by atoms with E-state index < -0.39 is 17.9 Å². The van der Waals surface area contributed by atoms with Gasteiger partial charge in [0, 0.05) is 6.42 Å². The maximum absolute atomic E-state index is 13.4. The van der Waals surface area contributed by atoms with Crippen LogP contribution in [0.15, 0.2) is 12.2 Å². The molecule has 0 heterocycles. The number of unbranched alkanes of at least 4 members (excludes halogenated alkanes) is 2. The van der Waals surface area contributed by atoms with Crippen molar-refractivity contribution in [1.29, 1.82) is 0 Å². The molecule has 0 aromatic rings. The van der Waals surface area contributed by atoms with Crippen LogP contribution in [0, 0.1) is 0 Å². The highest BCUT2D eigenvalue weighted by Gasteiger charge is 2.26. The van der Waals surface area contributed by atoms with Crippen LogP contribution in [0.2, 0.25) is 0 Å². The van der Waals surface area contributed by atoms with Gasteiger partial charge in [0.2, 0.25) is 0 Å². The molecule has 0 bridgehead atoms. The third-order valence-electron chi connectivity index (χ3n) is 2.45. The summed E-state index contributed by atoms with van der Waals surface area (Å²) in [4.78, 5) is 22.5. The Balaban J connectivity index is 3.80. The quantitative estimate of drug-likeness (QED) is 0.261. The summed E-state index contributed by atoms with van der Waals surface area (Å²) in [6, 6.07) is 0. The number of carbonyl (C=O) groups excluding carboxylic acids is 2. The molecule has 0 rings (SSSR count). The van der Waals surface area contributed by atoms with E-state index in [9.17, 15) is 14.0 Å². The van der Waals surface area contributed by atoms with Gasteiger partial charge >= 0.3 is 5.97 Å². The standard InChI is InChI=1S/C14H23FO3/c1-3-5-7-9-11-18-14(17)13(15)12(16)10-8-6-4-2/h5,7,13H,3-4,6,8-11H2,1-2H3/b7-5+. The molecule has 0 fully saturated rings. The fraction of sp³-hybridized carbons (Fsp3) is 0.714. The minimum absolute atomic E-state index is 0.111. The number of halogens is 1. The second kappa shape index (κ2) is 10.9. The van der Waals surface area contributed by atoms with E-state index in [0.717, 1.165) is 19.3 Å². The summed E-state index contributed by atoms with van der Waals surface area (Å²) < 4.78 is 18.0. The summed E-state index contributed by atoms with van der Waals surface area (Å²) in [6.45, 7) is 4.11. The van der Waals surface area contributed by atoms with Crippen molar-refractivity contribution in [1.82, 2.24) is 0 Å². The Labute approximate surface area is 108 Å². The lowest BCUT2D eigenvalue weighted by Gasteiger charge is -2.07. The molecule has 0 spiro atoms. The molecule has 1 atom stereocenters. The molecule has 0 N–H and O–H groups in total. The van der Waals surface area contributed by atoms with Crippen LogP contribution >= 0.6 is 0 Å². The smallest absolute Gasteiger partial charge is 0.348 e. The van der Waals surface area contributed by atoms with Crippen molar-refractivity contribution in [2.75, 3.05) is 6.61 Å². The van der Waals surface area contributed by atoms with Gasteiger partial charge in [0.05, 0.1) is 6.61 Å². The first-order valence-electron chi connectivity index (χ1n) is 6.61. The highest BCUT2D eigenvalue weighted by molar-refractivity contribution is 6.01. The molecule has 0 saturated heterocycles. The van der Waals surface area contributed by atoms with E-state index in [4.69, 9.17) is 4.74 Å². The second-order valence-corrected chi connectivity index (χ2v) is 4.12. The number of hydrogen-bond donors (Lipinski definition) is 0. The van der Waals surface area contributed by atoms with Gasteiger partial charge in [-0.15, -0.1) is 0 Å². The number of alkyl halides is 1. The van der Waals surface area contributed by atoms with E-state index in [1.54, 1.807) is 0 Å². The van der Waals surface area contributed by atoms with E-state index in [2.05, 4.69) is 0 Å². The first-order valence-corrected chi connectivity index (χ1v) is 6.61. The van der Waals surface area contributed by atoms with E-state index in [0.29, 0.717) is 12.8 Å². The molecule has 0 amide bonds. The lowest BCUT2D eigenvalue weighted by molar-refractivity contribution is -0.153. The fourth-order valence-electron chi connectivity index (χ4n) is 1.39. The summed E-state index contributed by atoms with van der Waals surface area (Å²) >= 11 is 0. The van der Waals surface area contributed by atoms with Crippen LogP contribution in [0.5, 0.6) is 0 Å². The van der Waals surface area contributed by atoms with Gasteiger partial charge in [-0.05, 0) is 19.3 Å². The topological polar surface area (TPSA) is 43.4 Å². The Bertz CT molecular complexity index is 274. The molecule has 0 aromatic heterocycles. The average molecular weight is 258 g/mol. The number of Topliss-reactive ketones (excluding diaryl/α,β-unsaturated/α-hetero) is 1. The van der Waals surface area contributed by atoms with Crippen LogP contribution in [0.25, 0.3) is 0 Å². The number of esters is 1. The molecule has 0 radical (unpaired) electrons. The summed E-state index contributed by atoms with van der Waals surface area (Å²) in [7, 11) is 0. The maximum atomic E-state index is 13.4. The Morgan fingerprint density at radius 3 is 2.56 bits per heavy atom. The van der Waals surface area contributed by atoms with Gasteiger partial charge in [-0.2, -0.15) is 0 Å². The summed E-state index contributed by atoms with van der Waals surface area (Å²) in [5.74, 6) is -1.72. The van der Waals surface area contributed by atoms with Crippen LogP contribution in [-0.4, -0.2) is 24.5 Å².